The first-order valence-corrected chi connectivity index (χ1v) is 11.3. The van der Waals surface area contributed by atoms with Crippen LogP contribution in [0.15, 0.2) is 12.1 Å². The highest BCUT2D eigenvalue weighted by Crippen LogP contribution is 2.65. The van der Waals surface area contributed by atoms with Crippen molar-refractivity contribution in [2.75, 3.05) is 5.73 Å². The molecule has 9 atom stereocenters. The number of aliphatic hydroxyl groups is 4. The number of hydrogen-bond acceptors (Lipinski definition) is 10. The van der Waals surface area contributed by atoms with Gasteiger partial charge in [0, 0.05) is 11.1 Å². The van der Waals surface area contributed by atoms with E-state index in [1.807, 2.05) is 0 Å². The molecule has 1 aromatic rings. The number of hydrogen-bond donors (Lipinski definition) is 7. The molecule has 9 N–H and O–H groups in total. The lowest BCUT2D eigenvalue weighted by Gasteiger charge is -2.67. The largest absolute Gasteiger partial charge is 0.507 e. The van der Waals surface area contributed by atoms with Gasteiger partial charge in [-0.15, -0.1) is 0 Å². The van der Waals surface area contributed by atoms with Gasteiger partial charge in [0.25, 0.3) is 0 Å². The monoisotopic (exact) mass is 490 g/mol. The van der Waals surface area contributed by atoms with Crippen molar-refractivity contribution in [1.82, 2.24) is 0 Å². The van der Waals surface area contributed by atoms with Crippen LogP contribution in [0.3, 0.4) is 0 Å². The number of aromatic hydroxyl groups is 1. The maximum Gasteiger partial charge on any atom is 0.230 e. The first-order valence-electron chi connectivity index (χ1n) is 11.3. The summed E-state index contributed by atoms with van der Waals surface area (Å²) >= 11 is 0. The third-order valence-electron chi connectivity index (χ3n) is 8.89. The fourth-order valence-corrected chi connectivity index (χ4v) is 7.28. The van der Waals surface area contributed by atoms with Gasteiger partial charge in [-0.25, -0.2) is 0 Å². The van der Waals surface area contributed by atoms with Crippen molar-refractivity contribution in [1.29, 1.82) is 0 Å². The standard InChI is InChI=1S/C24H30N2O9/c1-7(2)13-16(29)12(20(26)33)18(31)24(35)19(32)14-15(28)11-9(27)6-5-8(25)10(11)17(30)22(14,3)21(34)23(13,24)4/h5-7,12-14,16,19,21,27,29,32,34-35H,25H2,1-4H3,(H2,26,33)/t12-,13+,14-,16?,19?,21-,22-,23+,24+/m1/s1. The summed E-state index contributed by atoms with van der Waals surface area (Å²) in [5.74, 6) is -10.7. The summed E-state index contributed by atoms with van der Waals surface area (Å²) in [5.41, 5.74) is 3.20. The molecule has 2 fully saturated rings. The van der Waals surface area contributed by atoms with Crippen molar-refractivity contribution < 1.29 is 44.7 Å². The summed E-state index contributed by atoms with van der Waals surface area (Å²) in [6.07, 6.45) is -6.02. The van der Waals surface area contributed by atoms with E-state index in [0.717, 1.165) is 6.07 Å². The molecule has 11 nitrogen and oxygen atoms in total. The Morgan fingerprint density at radius 3 is 2.14 bits per heavy atom. The summed E-state index contributed by atoms with van der Waals surface area (Å²) in [5, 5.41) is 56.7. The second kappa shape index (κ2) is 7.33. The van der Waals surface area contributed by atoms with Crippen molar-refractivity contribution >= 4 is 28.9 Å². The van der Waals surface area contributed by atoms with E-state index in [1.165, 1.54) is 19.9 Å². The molecular formula is C24H30N2O9. The maximum absolute atomic E-state index is 13.9. The van der Waals surface area contributed by atoms with Gasteiger partial charge in [-0.3, -0.25) is 19.2 Å². The number of Topliss-reactive ketones (excluding diaryl/α,β-unsaturated/α-hetero) is 3. The number of phenolic OH excluding ortho intramolecular Hbond substituents is 1. The molecule has 0 heterocycles. The third-order valence-corrected chi connectivity index (χ3v) is 8.89. The van der Waals surface area contributed by atoms with E-state index < -0.39 is 93.0 Å². The molecule has 190 valence electrons. The Morgan fingerprint density at radius 1 is 1.06 bits per heavy atom. The summed E-state index contributed by atoms with van der Waals surface area (Å²) < 4.78 is 0. The van der Waals surface area contributed by atoms with Crippen LogP contribution in [0.1, 0.15) is 48.4 Å². The molecular weight excluding hydrogens is 460 g/mol. The van der Waals surface area contributed by atoms with Gasteiger partial charge in [0.15, 0.2) is 23.0 Å². The van der Waals surface area contributed by atoms with Crippen molar-refractivity contribution in [3.05, 3.63) is 23.3 Å². The minimum absolute atomic E-state index is 0.141. The molecule has 0 saturated heterocycles. The number of nitrogen functional groups attached to an aromatic ring is 1. The molecule has 1 amide bonds. The molecule has 2 saturated carbocycles. The molecule has 0 radical (unpaired) electrons. The van der Waals surface area contributed by atoms with E-state index in [-0.39, 0.29) is 11.3 Å². The van der Waals surface area contributed by atoms with Crippen molar-refractivity contribution in [3.8, 4) is 5.75 Å². The number of nitrogens with two attached hydrogens (primary N) is 2. The summed E-state index contributed by atoms with van der Waals surface area (Å²) in [6.45, 7) is 5.68. The SMILES string of the molecule is CC(C)[C@H]1C(O)[C@@H](C(N)=O)C(=O)[C@]2(O)C(O)[C@H]3C(=O)c4c(O)ccc(N)c4C(=O)[C@]3(C)[C@@H](O)[C@]12C. The number of benzene rings is 1. The van der Waals surface area contributed by atoms with Crippen LogP contribution in [-0.2, 0) is 9.59 Å². The first kappa shape index (κ1) is 25.2. The Balaban J connectivity index is 2.09. The summed E-state index contributed by atoms with van der Waals surface area (Å²) in [4.78, 5) is 53.2. The Morgan fingerprint density at radius 2 is 1.63 bits per heavy atom. The third kappa shape index (κ3) is 2.58. The van der Waals surface area contributed by atoms with Gasteiger partial charge in [-0.1, -0.05) is 20.8 Å². The molecule has 4 rings (SSSR count). The zero-order valence-electron chi connectivity index (χ0n) is 19.7. The smallest absolute Gasteiger partial charge is 0.230 e. The lowest BCUT2D eigenvalue weighted by atomic mass is 9.37. The summed E-state index contributed by atoms with van der Waals surface area (Å²) in [7, 11) is 0. The van der Waals surface area contributed by atoms with Crippen LogP contribution in [0.2, 0.25) is 0 Å². The number of fused-ring (bicyclic) bond motifs is 3. The Kier molecular flexibility index (Phi) is 5.28. The van der Waals surface area contributed by atoms with Gasteiger partial charge in [0.1, 0.15) is 17.8 Å². The van der Waals surface area contributed by atoms with E-state index in [1.54, 1.807) is 13.8 Å². The highest BCUT2D eigenvalue weighted by Gasteiger charge is 2.81. The molecule has 1 aromatic carbocycles. The van der Waals surface area contributed by atoms with Crippen molar-refractivity contribution in [2.45, 2.75) is 51.6 Å². The molecule has 3 aliphatic carbocycles. The number of ketones is 3. The minimum Gasteiger partial charge on any atom is -0.507 e. The van der Waals surface area contributed by atoms with E-state index >= 15 is 0 Å². The molecule has 11 heteroatoms. The maximum atomic E-state index is 13.9. The average molecular weight is 491 g/mol. The Labute approximate surface area is 200 Å². The quantitative estimate of drug-likeness (QED) is 0.148. The molecule has 0 aliphatic heterocycles. The fourth-order valence-electron chi connectivity index (χ4n) is 7.28. The van der Waals surface area contributed by atoms with E-state index in [2.05, 4.69) is 0 Å². The lowest BCUT2D eigenvalue weighted by Crippen LogP contribution is -2.84. The van der Waals surface area contributed by atoms with Crippen LogP contribution < -0.4 is 11.5 Å². The van der Waals surface area contributed by atoms with Gasteiger partial charge in [-0.2, -0.15) is 0 Å². The average Bonchev–Trinajstić information content (AvgIpc) is 2.75. The zero-order valence-corrected chi connectivity index (χ0v) is 19.7. The van der Waals surface area contributed by atoms with Gasteiger partial charge in [-0.05, 0) is 30.9 Å². The molecule has 2 unspecified atom stereocenters. The minimum atomic E-state index is -2.95. The topological polar surface area (TPSA) is 221 Å². The highest BCUT2D eigenvalue weighted by atomic mass is 16.4. The number of carbonyl (C=O) groups is 4. The first-order chi connectivity index (χ1) is 16.0. The number of aliphatic hydroxyl groups excluding tert-OH is 3. The molecule has 35 heavy (non-hydrogen) atoms. The zero-order chi connectivity index (χ0) is 26.6. The summed E-state index contributed by atoms with van der Waals surface area (Å²) in [6, 6.07) is 2.31. The van der Waals surface area contributed by atoms with Crippen LogP contribution in [0.25, 0.3) is 0 Å². The predicted octanol–water partition coefficient (Wildman–Crippen LogP) is -1.23. The number of rotatable bonds is 2. The van der Waals surface area contributed by atoms with E-state index in [4.69, 9.17) is 11.5 Å². The number of amides is 1. The van der Waals surface area contributed by atoms with Gasteiger partial charge >= 0.3 is 0 Å². The Bertz CT molecular complexity index is 1180. The van der Waals surface area contributed by atoms with E-state index in [9.17, 15) is 44.7 Å². The normalized spacial score (nSPS) is 42.9. The molecule has 0 aromatic heterocycles. The molecule has 3 aliphatic rings. The lowest BCUT2D eigenvalue weighted by molar-refractivity contribution is -0.295. The van der Waals surface area contributed by atoms with Crippen LogP contribution in [0.4, 0.5) is 5.69 Å². The van der Waals surface area contributed by atoms with Crippen LogP contribution in [0, 0.1) is 34.5 Å². The second-order valence-corrected chi connectivity index (χ2v) is 10.8. The van der Waals surface area contributed by atoms with E-state index in [0.29, 0.717) is 0 Å². The fraction of sp³-hybridized carbons (Fsp3) is 0.583. The number of anilines is 1. The number of carbonyl (C=O) groups excluding carboxylic acids is 4. The van der Waals surface area contributed by atoms with Crippen molar-refractivity contribution in [3.63, 3.8) is 0 Å². The van der Waals surface area contributed by atoms with Crippen LogP contribution >= 0.6 is 0 Å². The van der Waals surface area contributed by atoms with Gasteiger partial charge in [0.2, 0.25) is 5.91 Å². The Hall–Kier alpha value is -2.86. The van der Waals surface area contributed by atoms with Crippen molar-refractivity contribution in [2.24, 2.45) is 40.2 Å². The predicted molar refractivity (Wildman–Crippen MR) is 120 cm³/mol. The second-order valence-electron chi connectivity index (χ2n) is 10.8. The molecule has 0 bridgehead atoms. The van der Waals surface area contributed by atoms with Crippen LogP contribution in [-0.4, -0.2) is 72.7 Å². The molecule has 0 spiro atoms. The van der Waals surface area contributed by atoms with Gasteiger partial charge in [0.05, 0.1) is 34.7 Å². The number of phenols is 1. The highest BCUT2D eigenvalue weighted by molar-refractivity contribution is 6.22. The van der Waals surface area contributed by atoms with Crippen LogP contribution in [0.5, 0.6) is 5.75 Å². The number of primary amides is 1. The van der Waals surface area contributed by atoms with Gasteiger partial charge < -0.3 is 37.0 Å².